The molecule has 23 aromatic heterocycles. The number of para-hydroxylation sites is 4. The first-order chi connectivity index (χ1) is 67.8. The van der Waals surface area contributed by atoms with Crippen molar-refractivity contribution in [2.45, 2.75) is 0 Å². The van der Waals surface area contributed by atoms with E-state index in [1.54, 1.807) is 242 Å². The molecule has 0 fully saturated rings. The maximum Gasteiger partial charge on any atom is 0.180 e. The third-order valence-electron chi connectivity index (χ3n) is 14.4. The van der Waals surface area contributed by atoms with Gasteiger partial charge >= 0.3 is 0 Å². The van der Waals surface area contributed by atoms with Crippen molar-refractivity contribution in [3.05, 3.63) is 523 Å². The normalized spacial score (nSPS) is 8.88. The van der Waals surface area contributed by atoms with Crippen molar-refractivity contribution in [2.24, 2.45) is 0 Å². The maximum absolute atomic E-state index is 4.58. The maximum atomic E-state index is 4.58. The molecule has 0 amide bonds. The molecule has 0 spiro atoms. The van der Waals surface area contributed by atoms with Crippen LogP contribution in [-0.2, 0) is 0 Å². The summed E-state index contributed by atoms with van der Waals surface area (Å²) in [5, 5.41) is 42.7. The Morgan fingerprint density at radius 2 is 0.890 bits per heavy atom. The number of nitrogens with zero attached hydrogens (tertiary/aromatic N) is 24. The van der Waals surface area contributed by atoms with Gasteiger partial charge in [0, 0.05) is 190 Å². The van der Waals surface area contributed by atoms with E-state index in [4.69, 9.17) is 0 Å². The molecular weight excluding hydrogens is 1820 g/mol. The number of hydrogen-bond acceptors (Lipinski definition) is 33. The van der Waals surface area contributed by atoms with Gasteiger partial charge < -0.3 is 33.3 Å². The molecule has 0 aliphatic carbocycles. The SMILES string of the molecule is c1c[nH]cn1.c1cc2sccc2s1.c1cc[nH]c1.c1ccc2[nH]ccc2c1.c1ccc2[nH]cnc2c1.c1ccc2nc3ccncc3cc2c1.c1ccc2sccc2c1.c1ccncc1.c1ccnnc1.c1ccoc1.c1ccsc1.c1cn[nH]c1.c1cnccn1.c1cncnc1.c1cncnc1.c1cnncn1.c1cnoc1.c1cnsc1.c1cocn1.c1cscn1.c1ncncn1. The molecule has 0 unspecified atom stereocenters. The molecular formula is C98H91N29O3S6. The Kier molecular flexibility index (Phi) is 60.5. The molecule has 0 aliphatic rings. The van der Waals surface area contributed by atoms with Crippen LogP contribution >= 0.6 is 68.2 Å². The van der Waals surface area contributed by atoms with Crippen molar-refractivity contribution in [3.63, 3.8) is 0 Å². The fraction of sp³-hybridized carbons (Fsp3) is 0. The van der Waals surface area contributed by atoms with Crippen molar-refractivity contribution >= 4 is 131 Å². The van der Waals surface area contributed by atoms with Crippen molar-refractivity contribution in [1.82, 2.24) is 145 Å². The number of aromatic amines is 5. The van der Waals surface area contributed by atoms with E-state index in [-0.39, 0.29) is 0 Å². The average Bonchev–Trinajstić information content (AvgIpc) is 1.35. The molecule has 23 heterocycles. The molecule has 32 nitrogen and oxygen atoms in total. The molecule has 5 N–H and O–H groups in total. The van der Waals surface area contributed by atoms with Crippen LogP contribution in [0, 0.1) is 0 Å². The molecule has 136 heavy (non-hydrogen) atoms. The van der Waals surface area contributed by atoms with E-state index in [0.717, 1.165) is 32.8 Å². The summed E-state index contributed by atoms with van der Waals surface area (Å²) in [7, 11) is 0. The quantitative estimate of drug-likeness (QED) is 0.0880. The van der Waals surface area contributed by atoms with Gasteiger partial charge in [0.05, 0.1) is 71.3 Å². The van der Waals surface area contributed by atoms with E-state index in [2.05, 4.69) is 247 Å². The van der Waals surface area contributed by atoms with Gasteiger partial charge in [0.25, 0.3) is 0 Å². The van der Waals surface area contributed by atoms with Crippen LogP contribution in [-0.4, -0.2) is 145 Å². The zero-order chi connectivity index (χ0) is 94.6. The van der Waals surface area contributed by atoms with Gasteiger partial charge in [0.2, 0.25) is 0 Å². The largest absolute Gasteiger partial charge is 0.473 e. The Morgan fingerprint density at radius 3 is 1.28 bits per heavy atom. The number of benzene rings is 4. The number of aromatic nitrogens is 29. The third-order valence-corrected chi connectivity index (χ3v) is 18.8. The predicted octanol–water partition coefficient (Wildman–Crippen LogP) is 23.6. The fourth-order valence-corrected chi connectivity index (χ4v) is 12.5. The first-order valence-electron chi connectivity index (χ1n) is 40.1. The summed E-state index contributed by atoms with van der Waals surface area (Å²) in [6.07, 6.45) is 65.8. The van der Waals surface area contributed by atoms with Gasteiger partial charge in [-0.25, -0.2) is 64.2 Å². The van der Waals surface area contributed by atoms with Crippen LogP contribution in [0.5, 0.6) is 0 Å². The number of thiazole rings is 1. The van der Waals surface area contributed by atoms with Gasteiger partial charge in [-0.3, -0.25) is 30.0 Å². The van der Waals surface area contributed by atoms with E-state index in [9.17, 15) is 0 Å². The van der Waals surface area contributed by atoms with Crippen molar-refractivity contribution < 1.29 is 13.4 Å². The second-order valence-corrected chi connectivity index (χ2v) is 28.8. The van der Waals surface area contributed by atoms with Gasteiger partial charge in [-0.2, -0.15) is 31.7 Å². The number of H-pyrrole nitrogens is 5. The van der Waals surface area contributed by atoms with Crippen LogP contribution in [0.2, 0.25) is 0 Å². The smallest absolute Gasteiger partial charge is 0.180 e. The summed E-state index contributed by atoms with van der Waals surface area (Å²) in [6, 6.07) is 75.2. The van der Waals surface area contributed by atoms with Crippen LogP contribution in [0.4, 0.5) is 0 Å². The number of imidazole rings is 2. The standard InChI is InChI=1S/C12H8N2.C8H7N.C8H6S.C7H6N2.C6H4S2.C5H5N.4C4H4N2.C4H5N.C4H4O.C4H4S.2C3H3N3.2C3H4N2.2C3H3NO.2C3H3NS/c1-2-4-11-9(3-1)7-10-8-13-6-5-12(10)14-11;2*1-2-4-8-7(3-1)5-6-9-8;1-2-4-7-6(3-1)8-5-9-7;1-3-7-6-2-4-8-5(1)6;1-2-4-6-5-3-1;1-2-6-4-3-5-1;2*1-2-5-4-6-3-1;1-2-4-6-5-3-1;3*1-2-4-5-3-1;1-4-2-6-3-5-1;1-2-5-6-3-4-1;1-2-5-3-4-1;1-2-4-5-3-1;1-2-5-3-4-1;1-2-4-5-3-1;1-2-5-3-4-1;1-2-4-5-3-1/h1-8H;1-6,9H;1-6H;1-5H,(H,8,9);1-4H;1-5H;4*1-4H;1-5H;2*1-4H;2*1-3H;2*1-3H,(H,4,5);4*1-3H. The molecule has 0 atom stereocenters. The lowest BCUT2D eigenvalue weighted by atomic mass is 10.1. The van der Waals surface area contributed by atoms with E-state index in [0.29, 0.717) is 0 Å². The number of rotatable bonds is 0. The first-order valence-corrected chi connectivity index (χ1v) is 45.5. The van der Waals surface area contributed by atoms with Gasteiger partial charge in [0.15, 0.2) is 6.39 Å². The molecule has 0 bridgehead atoms. The number of oxazole rings is 1. The van der Waals surface area contributed by atoms with E-state index in [1.165, 1.54) is 105 Å². The minimum Gasteiger partial charge on any atom is -0.473 e. The zero-order valence-corrected chi connectivity index (χ0v) is 77.5. The molecule has 27 aromatic rings. The number of furan rings is 1. The summed E-state index contributed by atoms with van der Waals surface area (Å²) in [5.74, 6) is 0. The Hall–Kier alpha value is -17.8. The van der Waals surface area contributed by atoms with Gasteiger partial charge in [-0.05, 0) is 195 Å². The number of hydrogen-bond donors (Lipinski definition) is 5. The Balaban J connectivity index is 0.000000196. The molecule has 0 aliphatic heterocycles. The van der Waals surface area contributed by atoms with Crippen molar-refractivity contribution in [3.8, 4) is 0 Å². The van der Waals surface area contributed by atoms with Crippen LogP contribution in [0.3, 0.4) is 0 Å². The van der Waals surface area contributed by atoms with Gasteiger partial charge in [0.1, 0.15) is 50.5 Å². The Labute approximate surface area is 806 Å². The van der Waals surface area contributed by atoms with Gasteiger partial charge in [-0.15, -0.1) is 50.4 Å². The molecule has 682 valence electrons. The highest BCUT2D eigenvalue weighted by molar-refractivity contribution is 7.25. The Bertz CT molecular complexity index is 5350. The highest BCUT2D eigenvalue weighted by Crippen LogP contribution is 2.25. The van der Waals surface area contributed by atoms with E-state index in [1.807, 2.05) is 186 Å². The van der Waals surface area contributed by atoms with E-state index >= 15 is 0 Å². The monoisotopic (exact) mass is 1910 g/mol. The van der Waals surface area contributed by atoms with E-state index < -0.39 is 0 Å². The molecule has 0 radical (unpaired) electrons. The number of nitrogens with one attached hydrogen (secondary N) is 5. The lowest BCUT2D eigenvalue weighted by Crippen LogP contribution is -1.82. The summed E-state index contributed by atoms with van der Waals surface area (Å²) in [4.78, 5) is 75.6. The fourth-order valence-electron chi connectivity index (χ4n) is 8.70. The summed E-state index contributed by atoms with van der Waals surface area (Å²) >= 11 is 10.2. The first kappa shape index (κ1) is 105. The second-order valence-electron chi connectivity index (χ2n) is 23.7. The molecule has 27 rings (SSSR count). The molecule has 0 saturated heterocycles. The average molecular weight is 1920 g/mol. The minimum absolute atomic E-state index is 0.999. The summed E-state index contributed by atoms with van der Waals surface area (Å²) in [5.41, 5.74) is 7.15. The predicted molar refractivity (Wildman–Crippen MR) is 543 cm³/mol. The van der Waals surface area contributed by atoms with Crippen LogP contribution in [0.1, 0.15) is 0 Å². The minimum atomic E-state index is 0.999. The molecule has 38 heteroatoms. The van der Waals surface area contributed by atoms with Crippen LogP contribution in [0.25, 0.3) is 63.2 Å². The summed E-state index contributed by atoms with van der Waals surface area (Å²) < 4.78 is 21.3. The lowest BCUT2D eigenvalue weighted by molar-refractivity contribution is 0.420. The topological polar surface area (TPSA) is 428 Å². The highest BCUT2D eigenvalue weighted by Gasteiger charge is 1.98. The Morgan fingerprint density at radius 1 is 0.272 bits per heavy atom. The number of pyridine rings is 3. The zero-order valence-electron chi connectivity index (χ0n) is 72.6. The van der Waals surface area contributed by atoms with Gasteiger partial charge in [-0.1, -0.05) is 90.1 Å². The number of fused-ring (bicyclic) bond motifs is 6. The molecule has 0 saturated carbocycles. The lowest BCUT2D eigenvalue weighted by Gasteiger charge is -1.99. The highest BCUT2D eigenvalue weighted by atomic mass is 32.1. The summed E-state index contributed by atoms with van der Waals surface area (Å²) in [6.45, 7) is 0. The third kappa shape index (κ3) is 55.8. The van der Waals surface area contributed by atoms with Crippen LogP contribution < -0.4 is 0 Å². The number of thiophene rings is 4. The van der Waals surface area contributed by atoms with Crippen molar-refractivity contribution in [1.29, 1.82) is 0 Å². The van der Waals surface area contributed by atoms with Crippen LogP contribution in [0.15, 0.2) is 536 Å². The van der Waals surface area contributed by atoms with Crippen molar-refractivity contribution in [2.75, 3.05) is 0 Å². The second kappa shape index (κ2) is 78.2. The molecule has 4 aromatic carbocycles.